The summed E-state index contributed by atoms with van der Waals surface area (Å²) < 4.78 is 2.87. The summed E-state index contributed by atoms with van der Waals surface area (Å²) in [6.45, 7) is 0.158. The molecule has 0 unspecified atom stereocenters. The third kappa shape index (κ3) is 2.84. The van der Waals surface area contributed by atoms with Crippen LogP contribution in [0.4, 0.5) is 0 Å². The highest BCUT2D eigenvalue weighted by Crippen LogP contribution is 2.31. The van der Waals surface area contributed by atoms with E-state index in [2.05, 4.69) is 21.9 Å². The lowest BCUT2D eigenvalue weighted by atomic mass is 9.42. The lowest BCUT2D eigenvalue weighted by Gasteiger charge is -2.25. The number of nitrogens with zero attached hydrogens (tertiary/aromatic N) is 2. The largest absolute Gasteiger partial charge is 0.312 e. The van der Waals surface area contributed by atoms with Gasteiger partial charge >= 0.3 is 0 Å². The van der Waals surface area contributed by atoms with Crippen LogP contribution in [-0.4, -0.2) is 17.5 Å². The first-order valence-corrected chi connectivity index (χ1v) is 9.44. The van der Waals surface area contributed by atoms with Gasteiger partial charge in [-0.05, 0) is 42.7 Å². The van der Waals surface area contributed by atoms with Gasteiger partial charge in [-0.15, -0.1) is 11.8 Å². The van der Waals surface area contributed by atoms with Crippen LogP contribution >= 0.6 is 27.7 Å². The first kappa shape index (κ1) is 15.7. The van der Waals surface area contributed by atoms with Gasteiger partial charge in [-0.1, -0.05) is 28.6 Å². The average Bonchev–Trinajstić information content (AvgIpc) is 2.54. The van der Waals surface area contributed by atoms with Crippen LogP contribution in [0, 0.1) is 11.2 Å². The van der Waals surface area contributed by atoms with Crippen LogP contribution in [0.15, 0.2) is 38.6 Å². The molecule has 1 fully saturated rings. The molecule has 0 spiro atoms. The molecule has 2 heterocycles. The Balaban J connectivity index is 2.06. The van der Waals surface area contributed by atoms with E-state index in [1.807, 2.05) is 35.2 Å². The van der Waals surface area contributed by atoms with Crippen LogP contribution in [0.2, 0.25) is 12.6 Å². The van der Waals surface area contributed by atoms with Crippen LogP contribution in [0.25, 0.3) is 10.8 Å². The van der Waals surface area contributed by atoms with E-state index in [0.29, 0.717) is 0 Å². The predicted octanol–water partition coefficient (Wildman–Crippen LogP) is 4.38. The second-order valence-corrected chi connectivity index (χ2v) is 7.50. The van der Waals surface area contributed by atoms with Crippen molar-refractivity contribution in [1.82, 2.24) is 4.57 Å². The maximum Gasteiger partial charge on any atom is 0.268 e. The van der Waals surface area contributed by atoms with Crippen molar-refractivity contribution in [2.45, 2.75) is 36.4 Å². The zero-order valence-corrected chi connectivity index (χ0v) is 14.8. The fourth-order valence-corrected chi connectivity index (χ4v) is 4.53. The van der Waals surface area contributed by atoms with Crippen LogP contribution < -0.4 is 5.56 Å². The van der Waals surface area contributed by atoms with Crippen LogP contribution in [-0.2, 0) is 0 Å². The maximum atomic E-state index is 12.9. The zero-order valence-electron chi connectivity index (χ0n) is 12.4. The van der Waals surface area contributed by atoms with Crippen molar-refractivity contribution in [3.05, 3.63) is 39.2 Å². The lowest BCUT2D eigenvalue weighted by Crippen LogP contribution is -2.29. The summed E-state index contributed by atoms with van der Waals surface area (Å²) in [7, 11) is 0. The van der Waals surface area contributed by atoms with Gasteiger partial charge in [0.25, 0.3) is 12.3 Å². The van der Waals surface area contributed by atoms with Crippen LogP contribution in [0.5, 0.6) is 0 Å². The van der Waals surface area contributed by atoms with E-state index >= 15 is 0 Å². The molecule has 6 heteroatoms. The molecule has 0 saturated carbocycles. The summed E-state index contributed by atoms with van der Waals surface area (Å²) in [4.78, 5) is 13.9. The van der Waals surface area contributed by atoms with Crippen molar-refractivity contribution in [3.8, 4) is 5.97 Å². The summed E-state index contributed by atoms with van der Waals surface area (Å²) in [5.41, 5.74) is 0.0924. The second kappa shape index (κ2) is 6.51. The molecule has 1 saturated heterocycles. The Hall–Kier alpha value is -1.19. The molecule has 2 aromatic rings. The Morgan fingerprint density at radius 2 is 2.14 bits per heavy atom. The Labute approximate surface area is 142 Å². The summed E-state index contributed by atoms with van der Waals surface area (Å²) in [6, 6.07) is 6.25. The number of benzene rings is 1. The first-order chi connectivity index (χ1) is 10.6. The highest BCUT2D eigenvalue weighted by molar-refractivity contribution is 9.10. The van der Waals surface area contributed by atoms with E-state index in [-0.39, 0.29) is 18.3 Å². The Bertz CT molecular complexity index is 806. The van der Waals surface area contributed by atoms with Crippen molar-refractivity contribution in [2.75, 3.05) is 6.26 Å². The van der Waals surface area contributed by atoms with Gasteiger partial charge in [0.1, 0.15) is 0 Å². The predicted molar refractivity (Wildman–Crippen MR) is 96.9 cm³/mol. The Kier molecular flexibility index (Phi) is 4.65. The highest BCUT2D eigenvalue weighted by Gasteiger charge is 2.26. The van der Waals surface area contributed by atoms with Crippen molar-refractivity contribution < 1.29 is 0 Å². The molecule has 0 radical (unpaired) electrons. The molecule has 3 rings (SSSR count). The van der Waals surface area contributed by atoms with E-state index in [0.717, 1.165) is 45.6 Å². The molecule has 1 aromatic carbocycles. The van der Waals surface area contributed by atoms with Gasteiger partial charge in [0, 0.05) is 27.6 Å². The minimum Gasteiger partial charge on any atom is -0.312 e. The second-order valence-electron chi connectivity index (χ2n) is 5.73. The molecule has 112 valence electrons. The number of halogens is 1. The van der Waals surface area contributed by atoms with Gasteiger partial charge < -0.3 is 4.57 Å². The van der Waals surface area contributed by atoms with Gasteiger partial charge in [0.05, 0.1) is 5.39 Å². The van der Waals surface area contributed by atoms with Crippen molar-refractivity contribution >= 4 is 45.2 Å². The fraction of sp³-hybridized carbons (Fsp3) is 0.375. The number of hydrogen-bond donors (Lipinski definition) is 0. The van der Waals surface area contributed by atoms with Gasteiger partial charge in [-0.2, -0.15) is 0 Å². The van der Waals surface area contributed by atoms with E-state index in [1.54, 1.807) is 11.8 Å². The summed E-state index contributed by atoms with van der Waals surface area (Å²) in [5.74, 6) is 2.35. The molecule has 3 nitrogen and oxygen atoms in total. The fourth-order valence-electron chi connectivity index (χ4n) is 3.25. The summed E-state index contributed by atoms with van der Waals surface area (Å²) >= 11 is 5.11. The normalized spacial score (nSPS) is 16.0. The van der Waals surface area contributed by atoms with E-state index < -0.39 is 0 Å². The first-order valence-electron chi connectivity index (χ1n) is 7.42. The minimum atomic E-state index is 0.0924. The van der Waals surface area contributed by atoms with Crippen molar-refractivity contribution in [1.29, 1.82) is 5.26 Å². The molecule has 1 aliphatic rings. The average molecular weight is 375 g/mol. The molecule has 0 amide bonds. The number of pyridine rings is 1. The molecule has 0 atom stereocenters. The third-order valence-corrected chi connectivity index (χ3v) is 5.67. The van der Waals surface area contributed by atoms with Crippen molar-refractivity contribution in [3.63, 3.8) is 0 Å². The lowest BCUT2D eigenvalue weighted by molar-refractivity contribution is 0.444. The Morgan fingerprint density at radius 1 is 1.41 bits per heavy atom. The van der Waals surface area contributed by atoms with Gasteiger partial charge in [0.15, 0.2) is 0 Å². The number of thioether (sulfide) groups is 1. The molecular formula is C16H16BBrN2OS. The molecule has 1 aliphatic heterocycles. The van der Waals surface area contributed by atoms with Crippen LogP contribution in [0.1, 0.15) is 18.9 Å². The molecule has 0 aliphatic carbocycles. The third-order valence-electron chi connectivity index (χ3n) is 4.45. The minimum absolute atomic E-state index is 0.0924. The number of rotatable bonds is 2. The molecule has 1 aromatic heterocycles. The standard InChI is InChI=1S/C16H16BBrN2OS/c1-22-14-9-12(18)8-11-4-7-20(16(21)15(11)14)13-2-5-17(10-19)6-3-13/h4,7-9,13H,2-3,5-6H2,1H3. The SMILES string of the molecule is CSc1cc(Br)cc2ccn(C3CCB(C#N)CC3)c(=O)c12. The maximum absolute atomic E-state index is 12.9. The molecule has 0 bridgehead atoms. The number of aromatic nitrogens is 1. The van der Waals surface area contributed by atoms with Crippen molar-refractivity contribution in [2.24, 2.45) is 0 Å². The quantitative estimate of drug-likeness (QED) is 0.578. The topological polar surface area (TPSA) is 45.8 Å². The van der Waals surface area contributed by atoms with Gasteiger partial charge in [-0.3, -0.25) is 4.79 Å². The summed E-state index contributed by atoms with van der Waals surface area (Å²) in [5, 5.41) is 10.8. The molecular weight excluding hydrogens is 359 g/mol. The van der Waals surface area contributed by atoms with Crippen LogP contribution in [0.3, 0.4) is 0 Å². The Morgan fingerprint density at radius 3 is 2.77 bits per heavy atom. The molecule has 0 N–H and O–H groups in total. The highest BCUT2D eigenvalue weighted by atomic mass is 79.9. The zero-order chi connectivity index (χ0) is 15.7. The van der Waals surface area contributed by atoms with E-state index in [9.17, 15) is 4.79 Å². The number of nitriles is 1. The monoisotopic (exact) mass is 374 g/mol. The van der Waals surface area contributed by atoms with E-state index in [1.165, 1.54) is 0 Å². The van der Waals surface area contributed by atoms with Gasteiger partial charge in [-0.25, -0.2) is 5.26 Å². The van der Waals surface area contributed by atoms with Gasteiger partial charge in [0.2, 0.25) is 0 Å². The van der Waals surface area contributed by atoms with E-state index in [4.69, 9.17) is 5.26 Å². The smallest absolute Gasteiger partial charge is 0.268 e. The summed E-state index contributed by atoms with van der Waals surface area (Å²) in [6.07, 6.45) is 7.51. The number of fused-ring (bicyclic) bond motifs is 1. The number of hydrogen-bond acceptors (Lipinski definition) is 3. The molecule has 22 heavy (non-hydrogen) atoms.